The molecule has 2 heteroatoms. The fourth-order valence-electron chi connectivity index (χ4n) is 3.02. The van der Waals surface area contributed by atoms with Gasteiger partial charge in [-0.2, -0.15) is 0 Å². The molecule has 0 amide bonds. The molecule has 0 heterocycles. The molecule has 3 unspecified atom stereocenters. The molecule has 0 spiro atoms. The largest absolute Gasteiger partial charge is 0.302 e. The molecule has 0 saturated heterocycles. The lowest BCUT2D eigenvalue weighted by molar-refractivity contribution is 0.0115. The van der Waals surface area contributed by atoms with Gasteiger partial charge in [0.25, 0.3) is 0 Å². The van der Waals surface area contributed by atoms with Crippen LogP contribution in [0.5, 0.6) is 0 Å². The van der Waals surface area contributed by atoms with E-state index in [0.29, 0.717) is 5.92 Å². The summed E-state index contributed by atoms with van der Waals surface area (Å²) in [5, 5.41) is 0. The van der Waals surface area contributed by atoms with Gasteiger partial charge in [-0.3, -0.25) is 0 Å². The minimum atomic E-state index is 0.627. The van der Waals surface area contributed by atoms with Crippen LogP contribution in [-0.2, 0) is 4.84 Å². The third-order valence-electron chi connectivity index (χ3n) is 3.75. The molecule has 14 heavy (non-hydrogen) atoms. The van der Waals surface area contributed by atoms with Crippen molar-refractivity contribution in [1.29, 1.82) is 0 Å². The van der Waals surface area contributed by atoms with Crippen molar-refractivity contribution in [1.82, 2.24) is 5.48 Å². The van der Waals surface area contributed by atoms with Crippen molar-refractivity contribution >= 4 is 0 Å². The number of hydrogen-bond acceptors (Lipinski definition) is 2. The monoisotopic (exact) mass is 197 g/mol. The van der Waals surface area contributed by atoms with Crippen LogP contribution in [0.1, 0.15) is 39.5 Å². The normalized spacial score (nSPS) is 35.8. The van der Waals surface area contributed by atoms with Crippen molar-refractivity contribution in [2.24, 2.45) is 23.7 Å². The lowest BCUT2D eigenvalue weighted by atomic mass is 9.89. The number of rotatable bonds is 5. The average Bonchev–Trinajstić information content (AvgIpc) is 2.73. The molecular formula is C12H23NO. The third kappa shape index (κ3) is 2.48. The SMILES string of the molecule is CC(C)CONCC1CC2CCC1C2. The summed E-state index contributed by atoms with van der Waals surface area (Å²) in [5.74, 6) is 3.59. The van der Waals surface area contributed by atoms with Gasteiger partial charge in [-0.1, -0.05) is 20.3 Å². The van der Waals surface area contributed by atoms with E-state index in [2.05, 4.69) is 19.3 Å². The van der Waals surface area contributed by atoms with Crippen LogP contribution in [-0.4, -0.2) is 13.2 Å². The van der Waals surface area contributed by atoms with Crippen LogP contribution in [0.4, 0.5) is 0 Å². The first-order valence-electron chi connectivity index (χ1n) is 6.10. The maximum absolute atomic E-state index is 5.41. The Morgan fingerprint density at radius 3 is 2.71 bits per heavy atom. The van der Waals surface area contributed by atoms with E-state index in [-0.39, 0.29) is 0 Å². The lowest BCUT2D eigenvalue weighted by Gasteiger charge is -2.21. The molecule has 0 aromatic carbocycles. The molecule has 2 rings (SSSR count). The molecule has 2 bridgehead atoms. The van der Waals surface area contributed by atoms with Crippen LogP contribution in [0.25, 0.3) is 0 Å². The van der Waals surface area contributed by atoms with Crippen molar-refractivity contribution in [2.75, 3.05) is 13.2 Å². The summed E-state index contributed by atoms with van der Waals surface area (Å²) in [6.45, 7) is 6.27. The molecule has 0 aliphatic heterocycles. The predicted molar refractivity (Wildman–Crippen MR) is 57.7 cm³/mol. The van der Waals surface area contributed by atoms with Crippen molar-refractivity contribution in [3.05, 3.63) is 0 Å². The quantitative estimate of drug-likeness (QED) is 0.540. The molecule has 1 N–H and O–H groups in total. The van der Waals surface area contributed by atoms with Crippen LogP contribution < -0.4 is 5.48 Å². The van der Waals surface area contributed by atoms with Gasteiger partial charge < -0.3 is 4.84 Å². The van der Waals surface area contributed by atoms with Crippen LogP contribution in [0.2, 0.25) is 0 Å². The first-order valence-corrected chi connectivity index (χ1v) is 6.10. The van der Waals surface area contributed by atoms with Crippen molar-refractivity contribution in [2.45, 2.75) is 39.5 Å². The highest BCUT2D eigenvalue weighted by Crippen LogP contribution is 2.47. The van der Waals surface area contributed by atoms with E-state index in [4.69, 9.17) is 4.84 Å². The van der Waals surface area contributed by atoms with E-state index in [0.717, 1.165) is 30.9 Å². The first kappa shape index (κ1) is 10.4. The van der Waals surface area contributed by atoms with Gasteiger partial charge in [0, 0.05) is 6.54 Å². The fourth-order valence-corrected chi connectivity index (χ4v) is 3.02. The first-order chi connectivity index (χ1) is 6.75. The highest BCUT2D eigenvalue weighted by molar-refractivity contribution is 4.90. The fraction of sp³-hybridized carbons (Fsp3) is 1.00. The Kier molecular flexibility index (Phi) is 3.45. The molecule has 82 valence electrons. The van der Waals surface area contributed by atoms with Gasteiger partial charge >= 0.3 is 0 Å². The molecule has 0 aromatic heterocycles. The molecule has 2 aliphatic rings. The Bertz CT molecular complexity index is 181. The minimum absolute atomic E-state index is 0.627. The van der Waals surface area contributed by atoms with E-state index in [9.17, 15) is 0 Å². The molecule has 0 radical (unpaired) electrons. The third-order valence-corrected chi connectivity index (χ3v) is 3.75. The number of hydroxylamine groups is 1. The highest BCUT2D eigenvalue weighted by Gasteiger charge is 2.38. The molecular weight excluding hydrogens is 174 g/mol. The van der Waals surface area contributed by atoms with Gasteiger partial charge in [-0.15, -0.1) is 0 Å². The van der Waals surface area contributed by atoms with Crippen LogP contribution in [0.3, 0.4) is 0 Å². The molecule has 2 aliphatic carbocycles. The Morgan fingerprint density at radius 1 is 1.29 bits per heavy atom. The summed E-state index contributed by atoms with van der Waals surface area (Å²) in [4.78, 5) is 5.41. The second-order valence-electron chi connectivity index (χ2n) is 5.49. The molecule has 2 nitrogen and oxygen atoms in total. The van der Waals surface area contributed by atoms with Crippen LogP contribution >= 0.6 is 0 Å². The second kappa shape index (κ2) is 4.63. The summed E-state index contributed by atoms with van der Waals surface area (Å²) >= 11 is 0. The van der Waals surface area contributed by atoms with E-state index in [1.54, 1.807) is 0 Å². The van der Waals surface area contributed by atoms with Crippen LogP contribution in [0, 0.1) is 23.7 Å². The Hall–Kier alpha value is -0.0800. The van der Waals surface area contributed by atoms with E-state index >= 15 is 0 Å². The summed E-state index contributed by atoms with van der Waals surface area (Å²) < 4.78 is 0. The standard InChI is InChI=1S/C12H23NO/c1-9(2)8-14-13-7-12-6-10-3-4-11(12)5-10/h9-13H,3-8H2,1-2H3. The smallest absolute Gasteiger partial charge is 0.0705 e. The van der Waals surface area contributed by atoms with Crippen molar-refractivity contribution < 1.29 is 4.84 Å². The maximum atomic E-state index is 5.41. The number of fused-ring (bicyclic) bond motifs is 2. The van der Waals surface area contributed by atoms with Gasteiger partial charge in [0.05, 0.1) is 6.61 Å². The van der Waals surface area contributed by atoms with Gasteiger partial charge in [0.1, 0.15) is 0 Å². The average molecular weight is 197 g/mol. The molecule has 3 atom stereocenters. The van der Waals surface area contributed by atoms with Crippen LogP contribution in [0.15, 0.2) is 0 Å². The van der Waals surface area contributed by atoms with Crippen molar-refractivity contribution in [3.63, 3.8) is 0 Å². The minimum Gasteiger partial charge on any atom is -0.302 e. The number of nitrogens with one attached hydrogen (secondary N) is 1. The Labute approximate surface area is 87.4 Å². The van der Waals surface area contributed by atoms with Gasteiger partial charge in [-0.25, -0.2) is 5.48 Å². The van der Waals surface area contributed by atoms with E-state index in [1.165, 1.54) is 25.7 Å². The highest BCUT2D eigenvalue weighted by atomic mass is 16.6. The Morgan fingerprint density at radius 2 is 2.14 bits per heavy atom. The van der Waals surface area contributed by atoms with Gasteiger partial charge in [0.2, 0.25) is 0 Å². The summed E-state index contributed by atoms with van der Waals surface area (Å²) in [6.07, 6.45) is 5.91. The van der Waals surface area contributed by atoms with E-state index in [1.807, 2.05) is 0 Å². The Balaban J connectivity index is 1.58. The number of hydrogen-bond donors (Lipinski definition) is 1. The van der Waals surface area contributed by atoms with E-state index < -0.39 is 0 Å². The topological polar surface area (TPSA) is 21.3 Å². The van der Waals surface area contributed by atoms with Gasteiger partial charge in [-0.05, 0) is 42.9 Å². The zero-order valence-corrected chi connectivity index (χ0v) is 9.46. The summed E-state index contributed by atoms with van der Waals surface area (Å²) in [7, 11) is 0. The second-order valence-corrected chi connectivity index (χ2v) is 5.49. The lowest BCUT2D eigenvalue weighted by Crippen LogP contribution is -2.27. The van der Waals surface area contributed by atoms with Crippen molar-refractivity contribution in [3.8, 4) is 0 Å². The summed E-state index contributed by atoms with van der Waals surface area (Å²) in [5.41, 5.74) is 3.14. The molecule has 2 saturated carbocycles. The summed E-state index contributed by atoms with van der Waals surface area (Å²) in [6, 6.07) is 0. The zero-order valence-electron chi connectivity index (χ0n) is 9.46. The molecule has 2 fully saturated rings. The maximum Gasteiger partial charge on any atom is 0.0705 e. The molecule has 0 aromatic rings. The van der Waals surface area contributed by atoms with Gasteiger partial charge in [0.15, 0.2) is 0 Å². The predicted octanol–water partition coefficient (Wildman–Crippen LogP) is 2.60. The zero-order chi connectivity index (χ0) is 9.97.